The Balaban J connectivity index is 2.45. The molecule has 1 aromatic heterocycles. The minimum atomic E-state index is -1.35. The summed E-state index contributed by atoms with van der Waals surface area (Å²) in [6, 6.07) is 1.17. The van der Waals surface area contributed by atoms with E-state index in [1.807, 2.05) is 0 Å². The summed E-state index contributed by atoms with van der Waals surface area (Å²) >= 11 is -1.35. The minimum Gasteiger partial charge on any atom is -0.593 e. The number of hydrogen-bond acceptors (Lipinski definition) is 4. The van der Waals surface area contributed by atoms with Crippen LogP contribution in [-0.2, 0) is 17.9 Å². The van der Waals surface area contributed by atoms with E-state index in [-0.39, 0.29) is 11.6 Å². The van der Waals surface area contributed by atoms with E-state index in [1.165, 1.54) is 23.0 Å². The fourth-order valence-corrected chi connectivity index (χ4v) is 2.13. The van der Waals surface area contributed by atoms with Crippen LogP contribution in [-0.4, -0.2) is 37.1 Å². The van der Waals surface area contributed by atoms with Crippen molar-refractivity contribution in [2.45, 2.75) is 6.54 Å². The van der Waals surface area contributed by atoms with Gasteiger partial charge in [-0.1, -0.05) is 0 Å². The summed E-state index contributed by atoms with van der Waals surface area (Å²) in [5.74, 6) is -0.387. The lowest BCUT2D eigenvalue weighted by Crippen LogP contribution is -2.44. The first kappa shape index (κ1) is 10.2. The maximum absolute atomic E-state index is 11.8. The lowest BCUT2D eigenvalue weighted by Gasteiger charge is -2.27. The van der Waals surface area contributed by atoms with Gasteiger partial charge in [0.1, 0.15) is 11.9 Å². The van der Waals surface area contributed by atoms with Gasteiger partial charge < -0.3 is 9.12 Å². The summed E-state index contributed by atoms with van der Waals surface area (Å²) < 4.78 is 14.0. The fraction of sp³-hybridized carbons (Fsp3) is 0.375. The van der Waals surface area contributed by atoms with Crippen molar-refractivity contribution in [3.05, 3.63) is 28.4 Å². The van der Waals surface area contributed by atoms with Crippen LogP contribution in [0, 0.1) is 0 Å². The molecule has 80 valence electrons. The average Bonchev–Trinajstić information content (AvgIpc) is 2.19. The lowest BCUT2D eigenvalue weighted by atomic mass is 10.3. The Morgan fingerprint density at radius 2 is 2.20 bits per heavy atom. The van der Waals surface area contributed by atoms with Crippen LogP contribution in [0.25, 0.3) is 0 Å². The van der Waals surface area contributed by atoms with Gasteiger partial charge in [0.05, 0.1) is 24.2 Å². The van der Waals surface area contributed by atoms with Crippen LogP contribution in [0.5, 0.6) is 0 Å². The molecule has 0 N–H and O–H groups in total. The zero-order chi connectivity index (χ0) is 11.0. The number of fused-ring (bicyclic) bond motifs is 1. The highest BCUT2D eigenvalue weighted by atomic mass is 32.2. The molecule has 0 saturated carbocycles. The number of amides is 1. The number of rotatable bonds is 1. The Morgan fingerprint density at radius 3 is 2.87 bits per heavy atom. The smallest absolute Gasteiger partial charge is 0.311 e. The highest BCUT2D eigenvalue weighted by Crippen LogP contribution is 2.12. The second kappa shape index (κ2) is 3.67. The number of carbonyl (C=O) groups is 1. The van der Waals surface area contributed by atoms with Gasteiger partial charge in [-0.15, -0.1) is 0 Å². The molecule has 1 amide bonds. The molecule has 1 aliphatic heterocycles. The van der Waals surface area contributed by atoms with Gasteiger partial charge in [-0.3, -0.25) is 9.59 Å². The first-order chi connectivity index (χ1) is 7.09. The Hall–Kier alpha value is -1.34. The van der Waals surface area contributed by atoms with E-state index in [2.05, 4.69) is 4.98 Å². The third-order valence-electron chi connectivity index (χ3n) is 2.19. The normalized spacial score (nSPS) is 17.5. The van der Waals surface area contributed by atoms with Crippen molar-refractivity contribution in [2.75, 3.05) is 12.8 Å². The van der Waals surface area contributed by atoms with E-state index < -0.39 is 16.9 Å². The Bertz CT molecular complexity index is 457. The summed E-state index contributed by atoms with van der Waals surface area (Å²) in [6.45, 7) is 0.882. The van der Waals surface area contributed by atoms with Gasteiger partial charge in [-0.2, -0.15) is 9.29 Å². The molecule has 2 rings (SSSR count). The Morgan fingerprint density at radius 1 is 1.47 bits per heavy atom. The molecule has 1 unspecified atom stereocenters. The van der Waals surface area contributed by atoms with Crippen LogP contribution in [0.3, 0.4) is 0 Å². The number of hydrogen-bond donors (Lipinski definition) is 0. The summed E-state index contributed by atoms with van der Waals surface area (Å²) in [5.41, 5.74) is -0.213. The van der Waals surface area contributed by atoms with Crippen molar-refractivity contribution in [2.24, 2.45) is 0 Å². The molecule has 6 nitrogen and oxygen atoms in total. The molecule has 0 radical (unpaired) electrons. The van der Waals surface area contributed by atoms with Gasteiger partial charge in [-0.25, -0.2) is 0 Å². The van der Waals surface area contributed by atoms with Crippen molar-refractivity contribution in [1.82, 2.24) is 13.9 Å². The maximum atomic E-state index is 11.8. The summed E-state index contributed by atoms with van der Waals surface area (Å²) in [6.07, 6.45) is 2.78. The SMILES string of the molecule is C[S+]([O-])N1CCn2cnc(=O)cc2C1=O. The highest BCUT2D eigenvalue weighted by Gasteiger charge is 2.30. The molecule has 0 fully saturated rings. The molecule has 0 bridgehead atoms. The lowest BCUT2D eigenvalue weighted by molar-refractivity contribution is 0.0821. The van der Waals surface area contributed by atoms with Gasteiger partial charge >= 0.3 is 5.91 Å². The van der Waals surface area contributed by atoms with E-state index in [0.29, 0.717) is 13.1 Å². The van der Waals surface area contributed by atoms with E-state index in [4.69, 9.17) is 0 Å². The van der Waals surface area contributed by atoms with Crippen LogP contribution in [0.4, 0.5) is 0 Å². The molecular weight excluding hydrogens is 218 g/mol. The van der Waals surface area contributed by atoms with Gasteiger partial charge in [0.2, 0.25) is 0 Å². The van der Waals surface area contributed by atoms with Crippen molar-refractivity contribution in [3.8, 4) is 0 Å². The summed E-state index contributed by atoms with van der Waals surface area (Å²) in [7, 11) is 0. The van der Waals surface area contributed by atoms with Crippen LogP contribution in [0.1, 0.15) is 10.5 Å². The molecule has 0 saturated heterocycles. The molecule has 15 heavy (non-hydrogen) atoms. The largest absolute Gasteiger partial charge is 0.593 e. The second-order valence-electron chi connectivity index (χ2n) is 3.14. The first-order valence-electron chi connectivity index (χ1n) is 4.31. The average molecular weight is 227 g/mol. The van der Waals surface area contributed by atoms with Gasteiger partial charge in [0.25, 0.3) is 5.56 Å². The van der Waals surface area contributed by atoms with E-state index in [9.17, 15) is 14.1 Å². The van der Waals surface area contributed by atoms with Crippen LogP contribution >= 0.6 is 0 Å². The molecule has 1 aliphatic rings. The van der Waals surface area contributed by atoms with E-state index in [1.54, 1.807) is 4.57 Å². The monoisotopic (exact) mass is 227 g/mol. The van der Waals surface area contributed by atoms with Crippen LogP contribution < -0.4 is 5.56 Å². The standard InChI is InChI=1S/C8H9N3O3S/c1-15(14)11-3-2-10-5-9-7(12)4-6(10)8(11)13/h4-5H,2-3H2,1H3. The quantitative estimate of drug-likeness (QED) is 0.576. The zero-order valence-corrected chi connectivity index (χ0v) is 8.86. The second-order valence-corrected chi connectivity index (χ2v) is 4.43. The first-order valence-corrected chi connectivity index (χ1v) is 5.83. The molecule has 1 aromatic rings. The third-order valence-corrected chi connectivity index (χ3v) is 3.16. The van der Waals surface area contributed by atoms with Crippen LogP contribution in [0.2, 0.25) is 0 Å². The van der Waals surface area contributed by atoms with Gasteiger partial charge in [-0.05, 0) is 0 Å². The fourth-order valence-electron chi connectivity index (χ4n) is 1.46. The Kier molecular flexibility index (Phi) is 2.49. The van der Waals surface area contributed by atoms with Crippen LogP contribution in [0.15, 0.2) is 17.2 Å². The number of aromatic nitrogens is 2. The predicted octanol–water partition coefficient (Wildman–Crippen LogP) is -1.01. The minimum absolute atomic E-state index is 0.247. The van der Waals surface area contributed by atoms with Gasteiger partial charge in [0, 0.05) is 12.6 Å². The Labute approximate surface area is 88.8 Å². The van der Waals surface area contributed by atoms with Crippen molar-refractivity contribution < 1.29 is 9.35 Å². The van der Waals surface area contributed by atoms with Crippen molar-refractivity contribution in [1.29, 1.82) is 0 Å². The van der Waals surface area contributed by atoms with E-state index in [0.717, 1.165) is 0 Å². The third kappa shape index (κ3) is 1.75. The number of nitrogens with zero attached hydrogens (tertiary/aromatic N) is 3. The molecule has 0 aromatic carbocycles. The highest BCUT2D eigenvalue weighted by molar-refractivity contribution is 7.88. The predicted molar refractivity (Wildman–Crippen MR) is 53.6 cm³/mol. The molecule has 0 spiro atoms. The van der Waals surface area contributed by atoms with E-state index >= 15 is 0 Å². The zero-order valence-electron chi connectivity index (χ0n) is 8.04. The summed E-state index contributed by atoms with van der Waals surface area (Å²) in [5, 5.41) is 0. The number of carbonyl (C=O) groups excluding carboxylic acids is 1. The molecule has 7 heteroatoms. The molecule has 0 aliphatic carbocycles. The summed E-state index contributed by atoms with van der Waals surface area (Å²) in [4.78, 5) is 26.3. The molecule has 2 heterocycles. The maximum Gasteiger partial charge on any atom is 0.311 e. The molecule has 1 atom stereocenters. The van der Waals surface area contributed by atoms with Crippen molar-refractivity contribution >= 4 is 17.3 Å². The molecular formula is C8H9N3O3S. The van der Waals surface area contributed by atoms with Gasteiger partial charge in [0.15, 0.2) is 0 Å². The van der Waals surface area contributed by atoms with Crippen molar-refractivity contribution in [3.63, 3.8) is 0 Å². The topological polar surface area (TPSA) is 78.3 Å².